The number of fused-ring (bicyclic) bond motifs is 3. The molecule has 1 aliphatic rings. The Bertz CT molecular complexity index is 958. The first-order valence-electron chi connectivity index (χ1n) is 11.4. The molecule has 2 atom stereocenters. The third kappa shape index (κ3) is 6.12. The van der Waals surface area contributed by atoms with Gasteiger partial charge in [-0.3, -0.25) is 9.59 Å². The molecule has 2 amide bonds. The minimum Gasteiger partial charge on any atom is -0.481 e. The smallest absolute Gasteiger partial charge is 0.407 e. The summed E-state index contributed by atoms with van der Waals surface area (Å²) >= 11 is 0. The standard InChI is InChI=1S/C26H32N2O5/c1-16(2)23(14-24(29)30)28-25(31)17(3)12-13-27-26(32)33-15-22-20-10-6-4-8-18(20)19-9-5-7-11-21(19)22/h4-11,16-17,22-23H,12-15H2,1-3H3,(H,27,32)(H,28,31)(H,29,30)/t17?,23-/m1/s1. The van der Waals surface area contributed by atoms with E-state index in [1.807, 2.05) is 38.1 Å². The molecule has 2 aromatic rings. The normalized spacial score (nSPS) is 14.2. The highest BCUT2D eigenvalue weighted by Crippen LogP contribution is 2.44. The molecule has 0 bridgehead atoms. The molecule has 0 saturated heterocycles. The van der Waals surface area contributed by atoms with Crippen LogP contribution in [0.1, 0.15) is 50.7 Å². The summed E-state index contributed by atoms with van der Waals surface area (Å²) < 4.78 is 5.51. The van der Waals surface area contributed by atoms with Gasteiger partial charge in [0.2, 0.25) is 5.91 Å². The largest absolute Gasteiger partial charge is 0.481 e. The molecular formula is C26H32N2O5. The molecule has 0 spiro atoms. The maximum Gasteiger partial charge on any atom is 0.407 e. The van der Waals surface area contributed by atoms with Crippen molar-refractivity contribution < 1.29 is 24.2 Å². The minimum absolute atomic E-state index is 0.00458. The summed E-state index contributed by atoms with van der Waals surface area (Å²) in [7, 11) is 0. The average Bonchev–Trinajstić information content (AvgIpc) is 3.10. The Labute approximate surface area is 194 Å². The monoisotopic (exact) mass is 452 g/mol. The predicted molar refractivity (Wildman–Crippen MR) is 126 cm³/mol. The van der Waals surface area contributed by atoms with E-state index in [1.165, 1.54) is 11.1 Å². The molecule has 176 valence electrons. The van der Waals surface area contributed by atoms with E-state index in [-0.39, 0.29) is 43.2 Å². The third-order valence-corrected chi connectivity index (χ3v) is 6.16. The summed E-state index contributed by atoms with van der Waals surface area (Å²) in [4.78, 5) is 35.7. The van der Waals surface area contributed by atoms with Crippen molar-refractivity contribution in [2.75, 3.05) is 13.2 Å². The maximum atomic E-state index is 12.4. The molecule has 0 saturated carbocycles. The van der Waals surface area contributed by atoms with Gasteiger partial charge in [-0.2, -0.15) is 0 Å². The van der Waals surface area contributed by atoms with Gasteiger partial charge in [0.1, 0.15) is 6.61 Å². The van der Waals surface area contributed by atoms with Gasteiger partial charge in [-0.15, -0.1) is 0 Å². The number of benzene rings is 2. The molecular weight excluding hydrogens is 420 g/mol. The Kier molecular flexibility index (Phi) is 8.09. The van der Waals surface area contributed by atoms with Crippen molar-refractivity contribution in [1.29, 1.82) is 0 Å². The van der Waals surface area contributed by atoms with Gasteiger partial charge in [-0.05, 0) is 34.6 Å². The van der Waals surface area contributed by atoms with Crippen molar-refractivity contribution in [2.45, 2.75) is 45.6 Å². The highest BCUT2D eigenvalue weighted by atomic mass is 16.5. The fourth-order valence-corrected chi connectivity index (χ4v) is 4.14. The average molecular weight is 453 g/mol. The maximum absolute atomic E-state index is 12.4. The van der Waals surface area contributed by atoms with Crippen LogP contribution in [0.5, 0.6) is 0 Å². The van der Waals surface area contributed by atoms with Gasteiger partial charge in [-0.25, -0.2) is 4.79 Å². The first kappa shape index (κ1) is 24.3. The minimum atomic E-state index is -0.946. The number of carbonyl (C=O) groups is 3. The van der Waals surface area contributed by atoms with Crippen LogP contribution >= 0.6 is 0 Å². The van der Waals surface area contributed by atoms with Gasteiger partial charge >= 0.3 is 12.1 Å². The van der Waals surface area contributed by atoms with Gasteiger partial charge in [0, 0.05) is 24.4 Å². The van der Waals surface area contributed by atoms with E-state index in [0.717, 1.165) is 11.1 Å². The highest BCUT2D eigenvalue weighted by molar-refractivity contribution is 5.80. The topological polar surface area (TPSA) is 105 Å². The van der Waals surface area contributed by atoms with Crippen LogP contribution in [0.2, 0.25) is 0 Å². The van der Waals surface area contributed by atoms with E-state index in [4.69, 9.17) is 9.84 Å². The van der Waals surface area contributed by atoms with Gasteiger partial charge in [-0.1, -0.05) is 69.3 Å². The van der Waals surface area contributed by atoms with Crippen LogP contribution < -0.4 is 10.6 Å². The summed E-state index contributed by atoms with van der Waals surface area (Å²) in [6.45, 7) is 6.03. The number of rotatable bonds is 10. The van der Waals surface area contributed by atoms with Gasteiger partial charge in [0.25, 0.3) is 0 Å². The van der Waals surface area contributed by atoms with Crippen LogP contribution in [-0.4, -0.2) is 42.3 Å². The van der Waals surface area contributed by atoms with E-state index < -0.39 is 18.1 Å². The number of hydrogen-bond acceptors (Lipinski definition) is 4. The Balaban J connectivity index is 1.46. The second kappa shape index (κ2) is 11.0. The predicted octanol–water partition coefficient (Wildman–Crippen LogP) is 4.17. The summed E-state index contributed by atoms with van der Waals surface area (Å²) in [5.41, 5.74) is 4.64. The molecule has 0 aromatic heterocycles. The Morgan fingerprint density at radius 2 is 1.55 bits per heavy atom. The molecule has 7 nitrogen and oxygen atoms in total. The zero-order chi connectivity index (χ0) is 24.0. The van der Waals surface area contributed by atoms with Crippen LogP contribution in [0, 0.1) is 11.8 Å². The van der Waals surface area contributed by atoms with E-state index in [0.29, 0.717) is 6.42 Å². The van der Waals surface area contributed by atoms with E-state index in [9.17, 15) is 14.4 Å². The van der Waals surface area contributed by atoms with Crippen LogP contribution in [0.15, 0.2) is 48.5 Å². The molecule has 0 heterocycles. The number of hydrogen-bond donors (Lipinski definition) is 3. The first-order chi connectivity index (χ1) is 15.8. The van der Waals surface area contributed by atoms with E-state index in [1.54, 1.807) is 6.92 Å². The lowest BCUT2D eigenvalue weighted by atomic mass is 9.98. The van der Waals surface area contributed by atoms with Crippen molar-refractivity contribution in [3.63, 3.8) is 0 Å². The number of nitrogens with one attached hydrogen (secondary N) is 2. The van der Waals surface area contributed by atoms with Crippen LogP contribution in [-0.2, 0) is 14.3 Å². The fourth-order valence-electron chi connectivity index (χ4n) is 4.14. The molecule has 0 aliphatic heterocycles. The fraction of sp³-hybridized carbons (Fsp3) is 0.423. The Morgan fingerprint density at radius 1 is 0.970 bits per heavy atom. The van der Waals surface area contributed by atoms with Gasteiger partial charge in [0.15, 0.2) is 0 Å². The van der Waals surface area contributed by atoms with E-state index >= 15 is 0 Å². The lowest BCUT2D eigenvalue weighted by Gasteiger charge is -2.23. The van der Waals surface area contributed by atoms with Crippen LogP contribution in [0.25, 0.3) is 11.1 Å². The van der Waals surface area contributed by atoms with Gasteiger partial charge < -0.3 is 20.5 Å². The van der Waals surface area contributed by atoms with Crippen molar-refractivity contribution in [2.24, 2.45) is 11.8 Å². The number of carbonyl (C=O) groups excluding carboxylic acids is 2. The molecule has 1 aliphatic carbocycles. The van der Waals surface area contributed by atoms with Crippen molar-refractivity contribution >= 4 is 18.0 Å². The molecule has 3 N–H and O–H groups in total. The van der Waals surface area contributed by atoms with Crippen molar-refractivity contribution in [3.8, 4) is 11.1 Å². The third-order valence-electron chi connectivity index (χ3n) is 6.16. The van der Waals surface area contributed by atoms with Crippen LogP contribution in [0.3, 0.4) is 0 Å². The summed E-state index contributed by atoms with van der Waals surface area (Å²) in [6.07, 6.45) is -0.211. The molecule has 33 heavy (non-hydrogen) atoms. The Hall–Kier alpha value is -3.35. The second-order valence-corrected chi connectivity index (χ2v) is 8.90. The first-order valence-corrected chi connectivity index (χ1v) is 11.4. The zero-order valence-electron chi connectivity index (χ0n) is 19.3. The van der Waals surface area contributed by atoms with Gasteiger partial charge in [0.05, 0.1) is 6.42 Å². The number of ether oxygens (including phenoxy) is 1. The molecule has 1 unspecified atom stereocenters. The molecule has 0 radical (unpaired) electrons. The zero-order valence-corrected chi connectivity index (χ0v) is 19.3. The second-order valence-electron chi connectivity index (χ2n) is 8.90. The summed E-state index contributed by atoms with van der Waals surface area (Å²) in [5, 5.41) is 14.5. The SMILES string of the molecule is CC(CCNC(=O)OCC1c2ccccc2-c2ccccc21)C(=O)N[C@H](CC(=O)O)C(C)C. The molecule has 2 aromatic carbocycles. The number of carboxylic acids is 1. The quantitative estimate of drug-likeness (QED) is 0.502. The summed E-state index contributed by atoms with van der Waals surface area (Å²) in [6, 6.07) is 15.9. The number of alkyl carbamates (subject to hydrolysis) is 1. The number of aliphatic carboxylic acids is 1. The van der Waals surface area contributed by atoms with E-state index in [2.05, 4.69) is 34.9 Å². The number of carboxylic acid groups (broad SMARTS) is 1. The molecule has 7 heteroatoms. The number of amides is 2. The van der Waals surface area contributed by atoms with Crippen molar-refractivity contribution in [1.82, 2.24) is 10.6 Å². The molecule has 0 fully saturated rings. The molecule has 3 rings (SSSR count). The van der Waals surface area contributed by atoms with Crippen LogP contribution in [0.4, 0.5) is 4.79 Å². The summed E-state index contributed by atoms with van der Waals surface area (Å²) in [5.74, 6) is -1.52. The lowest BCUT2D eigenvalue weighted by molar-refractivity contribution is -0.138. The highest BCUT2D eigenvalue weighted by Gasteiger charge is 2.29. The van der Waals surface area contributed by atoms with Crippen molar-refractivity contribution in [3.05, 3.63) is 59.7 Å². The lowest BCUT2D eigenvalue weighted by Crippen LogP contribution is -2.43. The Morgan fingerprint density at radius 3 is 2.09 bits per heavy atom.